The summed E-state index contributed by atoms with van der Waals surface area (Å²) in [6, 6.07) is 0.453. The van der Waals surface area contributed by atoms with Gasteiger partial charge in [0.1, 0.15) is 0 Å². The van der Waals surface area contributed by atoms with Gasteiger partial charge in [-0.05, 0) is 12.8 Å². The summed E-state index contributed by atoms with van der Waals surface area (Å²) < 4.78 is 25.3. The van der Waals surface area contributed by atoms with Crippen molar-refractivity contribution < 1.29 is 8.42 Å². The molecule has 1 unspecified atom stereocenters. The molecule has 0 spiro atoms. The lowest BCUT2D eigenvalue weighted by molar-refractivity contribution is 0.476. The molecule has 0 radical (unpaired) electrons. The standard InChI is InChI=1S/C14H25N3O2S/c1-4-5-14-12(8-15-11(2)3)9-16-17(14)13-6-7-20(18,19)10-13/h9,11,13,15H,4-8,10H2,1-3H3. The van der Waals surface area contributed by atoms with E-state index in [1.165, 1.54) is 11.3 Å². The molecular formula is C14H25N3O2S. The van der Waals surface area contributed by atoms with E-state index in [-0.39, 0.29) is 11.8 Å². The third kappa shape index (κ3) is 3.61. The van der Waals surface area contributed by atoms with Gasteiger partial charge in [0, 0.05) is 23.8 Å². The predicted octanol–water partition coefficient (Wildman–Crippen LogP) is 1.69. The predicted molar refractivity (Wildman–Crippen MR) is 80.5 cm³/mol. The second-order valence-corrected chi connectivity index (χ2v) is 8.13. The Kier molecular flexibility index (Phi) is 4.86. The fourth-order valence-corrected chi connectivity index (χ4v) is 4.37. The van der Waals surface area contributed by atoms with Crippen LogP contribution in [-0.4, -0.2) is 35.7 Å². The van der Waals surface area contributed by atoms with Gasteiger partial charge in [-0.15, -0.1) is 0 Å². The maximum Gasteiger partial charge on any atom is 0.152 e. The van der Waals surface area contributed by atoms with Crippen LogP contribution in [0.4, 0.5) is 0 Å². The first kappa shape index (κ1) is 15.5. The third-order valence-electron chi connectivity index (χ3n) is 3.73. The van der Waals surface area contributed by atoms with E-state index in [9.17, 15) is 8.42 Å². The van der Waals surface area contributed by atoms with Crippen molar-refractivity contribution in [3.05, 3.63) is 17.5 Å². The number of rotatable bonds is 6. The van der Waals surface area contributed by atoms with E-state index in [1.54, 1.807) is 0 Å². The average molecular weight is 299 g/mol. The Morgan fingerprint density at radius 1 is 1.50 bits per heavy atom. The zero-order valence-corrected chi connectivity index (χ0v) is 13.4. The highest BCUT2D eigenvalue weighted by Crippen LogP contribution is 2.26. The molecule has 6 heteroatoms. The van der Waals surface area contributed by atoms with Crippen LogP contribution in [0.3, 0.4) is 0 Å². The number of sulfone groups is 1. The molecule has 1 aliphatic heterocycles. The summed E-state index contributed by atoms with van der Waals surface area (Å²) >= 11 is 0. The minimum atomic E-state index is -2.87. The number of aromatic nitrogens is 2. The summed E-state index contributed by atoms with van der Waals surface area (Å²) in [6.07, 6.45) is 4.58. The van der Waals surface area contributed by atoms with Crippen LogP contribution >= 0.6 is 0 Å². The van der Waals surface area contributed by atoms with Crippen molar-refractivity contribution >= 4 is 9.84 Å². The van der Waals surface area contributed by atoms with Crippen LogP contribution in [0.2, 0.25) is 0 Å². The second-order valence-electron chi connectivity index (χ2n) is 5.90. The largest absolute Gasteiger partial charge is 0.310 e. The lowest BCUT2D eigenvalue weighted by Crippen LogP contribution is -2.23. The molecule has 0 amide bonds. The molecule has 1 saturated heterocycles. The first-order chi connectivity index (χ1) is 9.43. The van der Waals surface area contributed by atoms with Crippen molar-refractivity contribution in [3.8, 4) is 0 Å². The van der Waals surface area contributed by atoms with Gasteiger partial charge in [0.15, 0.2) is 9.84 Å². The van der Waals surface area contributed by atoms with E-state index >= 15 is 0 Å². The van der Waals surface area contributed by atoms with Crippen molar-refractivity contribution in [3.63, 3.8) is 0 Å². The normalized spacial score (nSPS) is 21.7. The van der Waals surface area contributed by atoms with Gasteiger partial charge in [-0.3, -0.25) is 4.68 Å². The van der Waals surface area contributed by atoms with Crippen LogP contribution in [-0.2, 0) is 22.8 Å². The molecule has 0 aliphatic carbocycles. The van der Waals surface area contributed by atoms with E-state index in [1.807, 2.05) is 10.9 Å². The van der Waals surface area contributed by atoms with Gasteiger partial charge in [-0.2, -0.15) is 5.10 Å². The van der Waals surface area contributed by atoms with Gasteiger partial charge in [0.25, 0.3) is 0 Å². The molecule has 1 atom stereocenters. The summed E-state index contributed by atoms with van der Waals surface area (Å²) in [5.41, 5.74) is 2.40. The molecule has 1 aromatic heterocycles. The van der Waals surface area contributed by atoms with Gasteiger partial charge < -0.3 is 5.32 Å². The second kappa shape index (κ2) is 6.26. The Bertz CT molecular complexity index is 549. The van der Waals surface area contributed by atoms with Crippen molar-refractivity contribution in [2.75, 3.05) is 11.5 Å². The summed E-state index contributed by atoms with van der Waals surface area (Å²) in [7, 11) is -2.87. The van der Waals surface area contributed by atoms with E-state index < -0.39 is 9.84 Å². The maximum atomic E-state index is 11.7. The van der Waals surface area contributed by atoms with Crippen LogP contribution in [0.15, 0.2) is 6.20 Å². The molecule has 2 heterocycles. The molecule has 1 fully saturated rings. The minimum Gasteiger partial charge on any atom is -0.310 e. The van der Waals surface area contributed by atoms with Gasteiger partial charge >= 0.3 is 0 Å². The lowest BCUT2D eigenvalue weighted by atomic mass is 10.1. The van der Waals surface area contributed by atoms with Crippen LogP contribution in [0.5, 0.6) is 0 Å². The Morgan fingerprint density at radius 2 is 2.25 bits per heavy atom. The van der Waals surface area contributed by atoms with Gasteiger partial charge in [-0.25, -0.2) is 8.42 Å². The summed E-state index contributed by atoms with van der Waals surface area (Å²) in [4.78, 5) is 0. The molecule has 1 aromatic rings. The van der Waals surface area contributed by atoms with Gasteiger partial charge in [-0.1, -0.05) is 27.2 Å². The smallest absolute Gasteiger partial charge is 0.152 e. The Balaban J connectivity index is 2.20. The van der Waals surface area contributed by atoms with Crippen molar-refractivity contribution in [2.45, 2.75) is 58.7 Å². The summed E-state index contributed by atoms with van der Waals surface area (Å²) in [5.74, 6) is 0.533. The van der Waals surface area contributed by atoms with Gasteiger partial charge in [0.05, 0.1) is 23.7 Å². The average Bonchev–Trinajstić information content (AvgIpc) is 2.91. The molecule has 0 bridgehead atoms. The van der Waals surface area contributed by atoms with Crippen molar-refractivity contribution in [1.29, 1.82) is 0 Å². The fraction of sp³-hybridized carbons (Fsp3) is 0.786. The summed E-state index contributed by atoms with van der Waals surface area (Å²) in [6.45, 7) is 7.18. The highest BCUT2D eigenvalue weighted by Gasteiger charge is 2.31. The zero-order chi connectivity index (χ0) is 14.8. The first-order valence-electron chi connectivity index (χ1n) is 7.42. The van der Waals surface area contributed by atoms with Crippen LogP contribution < -0.4 is 5.32 Å². The molecule has 0 saturated carbocycles. The third-order valence-corrected chi connectivity index (χ3v) is 5.48. The Hall–Kier alpha value is -0.880. The molecule has 2 rings (SSSR count). The number of hydrogen-bond acceptors (Lipinski definition) is 4. The minimum absolute atomic E-state index is 0.0225. The molecule has 20 heavy (non-hydrogen) atoms. The number of nitrogens with zero attached hydrogens (tertiary/aromatic N) is 2. The van der Waals surface area contributed by atoms with Crippen molar-refractivity contribution in [2.24, 2.45) is 0 Å². The SMILES string of the molecule is CCCc1c(CNC(C)C)cnn1C1CCS(=O)(=O)C1. The molecule has 0 aromatic carbocycles. The first-order valence-corrected chi connectivity index (χ1v) is 9.24. The molecule has 114 valence electrons. The zero-order valence-electron chi connectivity index (χ0n) is 12.6. The molecule has 1 aliphatic rings. The topological polar surface area (TPSA) is 64.0 Å². The Labute approximate surface area is 121 Å². The van der Waals surface area contributed by atoms with E-state index in [2.05, 4.69) is 31.2 Å². The lowest BCUT2D eigenvalue weighted by Gasteiger charge is -2.15. The van der Waals surface area contributed by atoms with Crippen LogP contribution in [0.1, 0.15) is 50.9 Å². The van der Waals surface area contributed by atoms with E-state index in [4.69, 9.17) is 0 Å². The Morgan fingerprint density at radius 3 is 2.80 bits per heavy atom. The number of hydrogen-bond donors (Lipinski definition) is 1. The van der Waals surface area contributed by atoms with E-state index in [0.29, 0.717) is 18.2 Å². The highest BCUT2D eigenvalue weighted by atomic mass is 32.2. The quantitative estimate of drug-likeness (QED) is 0.868. The fourth-order valence-electron chi connectivity index (χ4n) is 2.68. The van der Waals surface area contributed by atoms with Gasteiger partial charge in [0.2, 0.25) is 0 Å². The van der Waals surface area contributed by atoms with E-state index in [0.717, 1.165) is 19.4 Å². The molecule has 1 N–H and O–H groups in total. The van der Waals surface area contributed by atoms with Crippen LogP contribution in [0, 0.1) is 0 Å². The molecule has 5 nitrogen and oxygen atoms in total. The summed E-state index contributed by atoms with van der Waals surface area (Å²) in [5, 5.41) is 7.88. The maximum absolute atomic E-state index is 11.7. The van der Waals surface area contributed by atoms with Crippen molar-refractivity contribution in [1.82, 2.24) is 15.1 Å². The highest BCUT2D eigenvalue weighted by molar-refractivity contribution is 7.91. The molecular weight excluding hydrogens is 274 g/mol. The van der Waals surface area contributed by atoms with Crippen LogP contribution in [0.25, 0.3) is 0 Å². The monoisotopic (exact) mass is 299 g/mol. The number of nitrogens with one attached hydrogen (secondary N) is 1.